The van der Waals surface area contributed by atoms with Crippen LogP contribution in [0.25, 0.3) is 0 Å². The zero-order chi connectivity index (χ0) is 13.8. The van der Waals surface area contributed by atoms with E-state index < -0.39 is 0 Å². The summed E-state index contributed by atoms with van der Waals surface area (Å²) in [5.74, 6) is 0. The predicted molar refractivity (Wildman–Crippen MR) is 80.1 cm³/mol. The van der Waals surface area contributed by atoms with E-state index in [2.05, 4.69) is 56.9 Å². The van der Waals surface area contributed by atoms with Crippen LogP contribution in [0.15, 0.2) is 0 Å². The number of piperazine rings is 1. The zero-order valence-corrected chi connectivity index (χ0v) is 13.3. The Hall–Kier alpha value is -0.120. The molecule has 0 radical (unpaired) electrons. The summed E-state index contributed by atoms with van der Waals surface area (Å²) in [6.45, 7) is 14.0. The van der Waals surface area contributed by atoms with Gasteiger partial charge in [-0.3, -0.25) is 4.90 Å². The first-order valence-corrected chi connectivity index (χ1v) is 7.40. The van der Waals surface area contributed by atoms with Crippen LogP contribution in [-0.4, -0.2) is 62.2 Å². The second-order valence-electron chi connectivity index (χ2n) is 7.31. The van der Waals surface area contributed by atoms with Crippen molar-refractivity contribution >= 4 is 0 Å². The minimum absolute atomic E-state index is 0.456. The summed E-state index contributed by atoms with van der Waals surface area (Å²) < 4.78 is 0. The van der Waals surface area contributed by atoms with Crippen LogP contribution in [0.1, 0.15) is 40.5 Å². The quantitative estimate of drug-likeness (QED) is 0.811. The van der Waals surface area contributed by atoms with E-state index in [1.165, 1.54) is 32.5 Å². The van der Waals surface area contributed by atoms with Gasteiger partial charge in [0.25, 0.3) is 0 Å². The third-order valence-corrected chi connectivity index (χ3v) is 4.01. The number of nitrogens with zero attached hydrogens (tertiary/aromatic N) is 2. The number of likely N-dealkylation sites (N-methyl/N-ethyl adjacent to an activating group) is 2. The normalized spacial score (nSPS) is 25.3. The fourth-order valence-electron chi connectivity index (χ4n) is 2.41. The van der Waals surface area contributed by atoms with Crippen molar-refractivity contribution in [3.63, 3.8) is 0 Å². The highest BCUT2D eigenvalue weighted by Crippen LogP contribution is 2.21. The van der Waals surface area contributed by atoms with Gasteiger partial charge in [0.05, 0.1) is 0 Å². The lowest BCUT2D eigenvalue weighted by Gasteiger charge is -2.38. The average molecular weight is 255 g/mol. The Kier molecular flexibility index (Phi) is 6.09. The second-order valence-corrected chi connectivity index (χ2v) is 7.31. The van der Waals surface area contributed by atoms with Gasteiger partial charge < -0.3 is 10.2 Å². The Morgan fingerprint density at radius 1 is 1.22 bits per heavy atom. The van der Waals surface area contributed by atoms with Gasteiger partial charge in [-0.2, -0.15) is 0 Å². The summed E-state index contributed by atoms with van der Waals surface area (Å²) in [6.07, 6.45) is 2.57. The summed E-state index contributed by atoms with van der Waals surface area (Å²) in [5, 5.41) is 3.71. The molecule has 2 atom stereocenters. The SMILES string of the molecule is CC(CCC(C)(C)C)NCC1CN(C)CCN1C. The molecule has 1 aliphatic rings. The average Bonchev–Trinajstić information content (AvgIpc) is 2.26. The van der Waals surface area contributed by atoms with Crippen molar-refractivity contribution in [1.29, 1.82) is 0 Å². The van der Waals surface area contributed by atoms with Gasteiger partial charge in [-0.05, 0) is 39.3 Å². The van der Waals surface area contributed by atoms with E-state index in [0.29, 0.717) is 17.5 Å². The van der Waals surface area contributed by atoms with Crippen LogP contribution in [0.4, 0.5) is 0 Å². The first-order chi connectivity index (χ1) is 8.28. The van der Waals surface area contributed by atoms with Crippen molar-refractivity contribution < 1.29 is 0 Å². The summed E-state index contributed by atoms with van der Waals surface area (Å²) >= 11 is 0. The highest BCUT2D eigenvalue weighted by Gasteiger charge is 2.22. The van der Waals surface area contributed by atoms with Crippen LogP contribution in [0.5, 0.6) is 0 Å². The molecule has 1 N–H and O–H groups in total. The molecule has 3 nitrogen and oxygen atoms in total. The van der Waals surface area contributed by atoms with Gasteiger partial charge in [-0.15, -0.1) is 0 Å². The summed E-state index contributed by atoms with van der Waals surface area (Å²) in [4.78, 5) is 4.93. The van der Waals surface area contributed by atoms with E-state index >= 15 is 0 Å². The molecule has 0 saturated carbocycles. The van der Waals surface area contributed by atoms with Gasteiger partial charge >= 0.3 is 0 Å². The first kappa shape index (κ1) is 15.9. The van der Waals surface area contributed by atoms with Crippen molar-refractivity contribution in [2.24, 2.45) is 5.41 Å². The minimum atomic E-state index is 0.456. The molecule has 0 aromatic rings. The van der Waals surface area contributed by atoms with Gasteiger partial charge in [0.2, 0.25) is 0 Å². The molecule has 1 heterocycles. The van der Waals surface area contributed by atoms with Crippen LogP contribution in [-0.2, 0) is 0 Å². The largest absolute Gasteiger partial charge is 0.313 e. The predicted octanol–water partition coefficient (Wildman–Crippen LogP) is 2.04. The number of hydrogen-bond acceptors (Lipinski definition) is 3. The van der Waals surface area contributed by atoms with E-state index in [-0.39, 0.29) is 0 Å². The molecule has 0 aromatic heterocycles. The Balaban J connectivity index is 2.22. The van der Waals surface area contributed by atoms with Crippen LogP contribution < -0.4 is 5.32 Å². The monoisotopic (exact) mass is 255 g/mol. The third-order valence-electron chi connectivity index (χ3n) is 4.01. The van der Waals surface area contributed by atoms with Gasteiger partial charge in [0, 0.05) is 38.3 Å². The van der Waals surface area contributed by atoms with Crippen LogP contribution in [0.2, 0.25) is 0 Å². The van der Waals surface area contributed by atoms with E-state index in [4.69, 9.17) is 0 Å². The fraction of sp³-hybridized carbons (Fsp3) is 1.00. The molecule has 1 saturated heterocycles. The lowest BCUT2D eigenvalue weighted by atomic mass is 9.89. The molecule has 1 aliphatic heterocycles. The summed E-state index contributed by atoms with van der Waals surface area (Å²) in [7, 11) is 4.47. The highest BCUT2D eigenvalue weighted by molar-refractivity contribution is 4.81. The lowest BCUT2D eigenvalue weighted by Crippen LogP contribution is -2.54. The maximum atomic E-state index is 3.71. The minimum Gasteiger partial charge on any atom is -0.313 e. The molecule has 0 bridgehead atoms. The number of nitrogens with one attached hydrogen (secondary N) is 1. The van der Waals surface area contributed by atoms with Crippen molar-refractivity contribution in [1.82, 2.24) is 15.1 Å². The van der Waals surface area contributed by atoms with Crippen molar-refractivity contribution in [2.45, 2.75) is 52.6 Å². The maximum Gasteiger partial charge on any atom is 0.0345 e. The Labute approximate surface area is 114 Å². The highest BCUT2D eigenvalue weighted by atomic mass is 15.3. The number of rotatable bonds is 5. The topological polar surface area (TPSA) is 18.5 Å². The van der Waals surface area contributed by atoms with Gasteiger partial charge in [-0.25, -0.2) is 0 Å². The molecule has 18 heavy (non-hydrogen) atoms. The third kappa shape index (κ3) is 6.17. The van der Waals surface area contributed by atoms with E-state index in [1.54, 1.807) is 0 Å². The van der Waals surface area contributed by atoms with E-state index in [0.717, 1.165) is 6.54 Å². The molecular weight excluding hydrogens is 222 g/mol. The molecule has 1 fully saturated rings. The Morgan fingerprint density at radius 3 is 2.50 bits per heavy atom. The molecule has 0 aromatic carbocycles. The molecule has 2 unspecified atom stereocenters. The van der Waals surface area contributed by atoms with Gasteiger partial charge in [0.15, 0.2) is 0 Å². The van der Waals surface area contributed by atoms with Gasteiger partial charge in [0.1, 0.15) is 0 Å². The molecule has 3 heteroatoms. The molecule has 108 valence electrons. The maximum absolute atomic E-state index is 3.71. The molecule has 1 rings (SSSR count). The Bertz CT molecular complexity index is 234. The lowest BCUT2D eigenvalue weighted by molar-refractivity contribution is 0.111. The second kappa shape index (κ2) is 6.88. The van der Waals surface area contributed by atoms with Gasteiger partial charge in [-0.1, -0.05) is 20.8 Å². The van der Waals surface area contributed by atoms with Crippen molar-refractivity contribution in [3.8, 4) is 0 Å². The van der Waals surface area contributed by atoms with E-state index in [1.807, 2.05) is 0 Å². The van der Waals surface area contributed by atoms with Crippen molar-refractivity contribution in [3.05, 3.63) is 0 Å². The molecule has 0 amide bonds. The zero-order valence-electron chi connectivity index (χ0n) is 13.3. The number of hydrogen-bond donors (Lipinski definition) is 1. The molecule has 0 spiro atoms. The first-order valence-electron chi connectivity index (χ1n) is 7.40. The summed E-state index contributed by atoms with van der Waals surface area (Å²) in [5.41, 5.74) is 0.456. The summed E-state index contributed by atoms with van der Waals surface area (Å²) in [6, 6.07) is 1.30. The van der Waals surface area contributed by atoms with Crippen LogP contribution >= 0.6 is 0 Å². The standard InChI is InChI=1S/C15H33N3/c1-13(7-8-15(2,3)4)16-11-14-12-17(5)9-10-18(14)6/h13-14,16H,7-12H2,1-6H3. The molecule has 0 aliphatic carbocycles. The smallest absolute Gasteiger partial charge is 0.0345 e. The van der Waals surface area contributed by atoms with E-state index in [9.17, 15) is 0 Å². The van der Waals surface area contributed by atoms with Crippen LogP contribution in [0, 0.1) is 5.41 Å². The molecular formula is C15H33N3. The van der Waals surface area contributed by atoms with Crippen LogP contribution in [0.3, 0.4) is 0 Å². The Morgan fingerprint density at radius 2 is 1.89 bits per heavy atom. The fourth-order valence-corrected chi connectivity index (χ4v) is 2.41. The van der Waals surface area contributed by atoms with Crippen molar-refractivity contribution in [2.75, 3.05) is 40.3 Å².